The standard InChI is InChI=1S/C16H25N3O/c1-4-13(3)18-8-10-19(11-9-18)16(20)14-7-5-6-12(2)15(14)17/h5-7,13H,4,8-11,17H2,1-3H3. The van der Waals surface area contributed by atoms with Crippen LogP contribution < -0.4 is 5.73 Å². The summed E-state index contributed by atoms with van der Waals surface area (Å²) in [5, 5.41) is 0. The van der Waals surface area contributed by atoms with Crippen molar-refractivity contribution in [2.75, 3.05) is 31.9 Å². The molecule has 0 radical (unpaired) electrons. The highest BCUT2D eigenvalue weighted by molar-refractivity contribution is 5.99. The zero-order chi connectivity index (χ0) is 14.7. The number of aryl methyl sites for hydroxylation is 1. The summed E-state index contributed by atoms with van der Waals surface area (Å²) < 4.78 is 0. The molecule has 1 unspecified atom stereocenters. The molecule has 1 aromatic carbocycles. The molecule has 0 spiro atoms. The number of benzene rings is 1. The molecule has 0 aromatic heterocycles. The van der Waals surface area contributed by atoms with Crippen LogP contribution in [0.4, 0.5) is 5.69 Å². The monoisotopic (exact) mass is 275 g/mol. The van der Waals surface area contributed by atoms with E-state index in [0.717, 1.165) is 38.2 Å². The van der Waals surface area contributed by atoms with E-state index in [1.165, 1.54) is 0 Å². The van der Waals surface area contributed by atoms with Crippen molar-refractivity contribution >= 4 is 11.6 Å². The van der Waals surface area contributed by atoms with E-state index in [4.69, 9.17) is 5.73 Å². The van der Waals surface area contributed by atoms with Crippen LogP contribution in [0.2, 0.25) is 0 Å². The molecular formula is C16H25N3O. The van der Waals surface area contributed by atoms with Crippen LogP contribution in [0.5, 0.6) is 0 Å². The molecule has 110 valence electrons. The molecule has 4 nitrogen and oxygen atoms in total. The largest absolute Gasteiger partial charge is 0.398 e. The summed E-state index contributed by atoms with van der Waals surface area (Å²) in [7, 11) is 0. The summed E-state index contributed by atoms with van der Waals surface area (Å²) >= 11 is 0. The summed E-state index contributed by atoms with van der Waals surface area (Å²) in [6.45, 7) is 9.87. The highest BCUT2D eigenvalue weighted by Crippen LogP contribution is 2.19. The van der Waals surface area contributed by atoms with Gasteiger partial charge in [0, 0.05) is 37.9 Å². The first-order valence-corrected chi connectivity index (χ1v) is 7.43. The molecule has 1 aliphatic rings. The smallest absolute Gasteiger partial charge is 0.256 e. The summed E-state index contributed by atoms with van der Waals surface area (Å²) in [5.41, 5.74) is 8.25. The van der Waals surface area contributed by atoms with Gasteiger partial charge in [-0.3, -0.25) is 9.69 Å². The van der Waals surface area contributed by atoms with Crippen molar-refractivity contribution in [2.24, 2.45) is 0 Å². The van der Waals surface area contributed by atoms with Gasteiger partial charge in [-0.2, -0.15) is 0 Å². The van der Waals surface area contributed by atoms with E-state index < -0.39 is 0 Å². The zero-order valence-electron chi connectivity index (χ0n) is 12.7. The Kier molecular flexibility index (Phi) is 4.65. The van der Waals surface area contributed by atoms with Crippen LogP contribution in [0.15, 0.2) is 18.2 Å². The van der Waals surface area contributed by atoms with Crippen LogP contribution >= 0.6 is 0 Å². The fourth-order valence-electron chi connectivity index (χ4n) is 2.66. The maximum Gasteiger partial charge on any atom is 0.256 e. The summed E-state index contributed by atoms with van der Waals surface area (Å²) in [5.74, 6) is 0.0648. The van der Waals surface area contributed by atoms with Gasteiger partial charge in [0.05, 0.1) is 5.56 Å². The maximum atomic E-state index is 12.5. The number of nitrogen functional groups attached to an aromatic ring is 1. The molecule has 2 rings (SSSR count). The first-order chi connectivity index (χ1) is 9.54. The molecule has 0 saturated carbocycles. The van der Waals surface area contributed by atoms with Gasteiger partial charge in [-0.05, 0) is 31.9 Å². The number of amides is 1. The van der Waals surface area contributed by atoms with Crippen LogP contribution in [0.1, 0.15) is 36.2 Å². The van der Waals surface area contributed by atoms with Crippen molar-refractivity contribution < 1.29 is 4.79 Å². The number of anilines is 1. The Morgan fingerprint density at radius 2 is 1.95 bits per heavy atom. The molecule has 0 aliphatic carbocycles. The SMILES string of the molecule is CCC(C)N1CCN(C(=O)c2cccc(C)c2N)CC1. The molecule has 1 heterocycles. The van der Waals surface area contributed by atoms with Crippen LogP contribution in [-0.4, -0.2) is 47.9 Å². The first kappa shape index (κ1) is 14.9. The molecule has 1 fully saturated rings. The van der Waals surface area contributed by atoms with Gasteiger partial charge in [0.15, 0.2) is 0 Å². The van der Waals surface area contributed by atoms with E-state index in [2.05, 4.69) is 18.7 Å². The van der Waals surface area contributed by atoms with Gasteiger partial charge in [0.25, 0.3) is 5.91 Å². The molecule has 1 aliphatic heterocycles. The van der Waals surface area contributed by atoms with Crippen molar-refractivity contribution in [3.63, 3.8) is 0 Å². The number of carbonyl (C=O) groups excluding carboxylic acids is 1. The number of hydrogen-bond donors (Lipinski definition) is 1. The minimum atomic E-state index is 0.0648. The number of nitrogens with two attached hydrogens (primary N) is 1. The van der Waals surface area contributed by atoms with E-state index in [1.807, 2.05) is 30.0 Å². The third-order valence-corrected chi connectivity index (χ3v) is 4.37. The lowest BCUT2D eigenvalue weighted by molar-refractivity contribution is 0.0580. The molecule has 20 heavy (non-hydrogen) atoms. The second kappa shape index (κ2) is 6.27. The quantitative estimate of drug-likeness (QED) is 0.860. The van der Waals surface area contributed by atoms with Crippen molar-refractivity contribution in [3.8, 4) is 0 Å². The molecular weight excluding hydrogens is 250 g/mol. The van der Waals surface area contributed by atoms with E-state index in [1.54, 1.807) is 0 Å². The fourth-order valence-corrected chi connectivity index (χ4v) is 2.66. The second-order valence-corrected chi connectivity index (χ2v) is 5.62. The molecule has 0 bridgehead atoms. The Morgan fingerprint density at radius 3 is 2.55 bits per heavy atom. The maximum absolute atomic E-state index is 12.5. The van der Waals surface area contributed by atoms with Gasteiger partial charge < -0.3 is 10.6 Å². The number of nitrogens with zero attached hydrogens (tertiary/aromatic N) is 2. The molecule has 1 amide bonds. The summed E-state index contributed by atoms with van der Waals surface area (Å²) in [6.07, 6.45) is 1.15. The van der Waals surface area contributed by atoms with E-state index in [9.17, 15) is 4.79 Å². The molecule has 1 aromatic rings. The molecule has 2 N–H and O–H groups in total. The Bertz CT molecular complexity index is 479. The summed E-state index contributed by atoms with van der Waals surface area (Å²) in [6, 6.07) is 6.25. The third kappa shape index (κ3) is 2.96. The zero-order valence-corrected chi connectivity index (χ0v) is 12.7. The van der Waals surface area contributed by atoms with Gasteiger partial charge in [-0.1, -0.05) is 19.1 Å². The van der Waals surface area contributed by atoms with E-state index in [0.29, 0.717) is 17.3 Å². The van der Waals surface area contributed by atoms with Crippen LogP contribution in [0.3, 0.4) is 0 Å². The Balaban J connectivity index is 2.03. The lowest BCUT2D eigenvalue weighted by atomic mass is 10.1. The van der Waals surface area contributed by atoms with Gasteiger partial charge in [-0.25, -0.2) is 0 Å². The van der Waals surface area contributed by atoms with Gasteiger partial charge >= 0.3 is 0 Å². The number of hydrogen-bond acceptors (Lipinski definition) is 3. The predicted molar refractivity (Wildman–Crippen MR) is 82.8 cm³/mol. The predicted octanol–water partition coefficient (Wildman–Crippen LogP) is 2.13. The van der Waals surface area contributed by atoms with Crippen molar-refractivity contribution in [2.45, 2.75) is 33.2 Å². The highest BCUT2D eigenvalue weighted by atomic mass is 16.2. The first-order valence-electron chi connectivity index (χ1n) is 7.43. The molecule has 1 saturated heterocycles. The van der Waals surface area contributed by atoms with E-state index in [-0.39, 0.29) is 5.91 Å². The van der Waals surface area contributed by atoms with Crippen molar-refractivity contribution in [1.29, 1.82) is 0 Å². The minimum absolute atomic E-state index is 0.0648. The fraction of sp³-hybridized carbons (Fsp3) is 0.562. The average molecular weight is 275 g/mol. The minimum Gasteiger partial charge on any atom is -0.398 e. The second-order valence-electron chi connectivity index (χ2n) is 5.62. The van der Waals surface area contributed by atoms with Crippen molar-refractivity contribution in [3.05, 3.63) is 29.3 Å². The van der Waals surface area contributed by atoms with Gasteiger partial charge in [0.2, 0.25) is 0 Å². The number of rotatable bonds is 3. The lowest BCUT2D eigenvalue weighted by Gasteiger charge is -2.38. The average Bonchev–Trinajstić information content (AvgIpc) is 2.48. The molecule has 4 heteroatoms. The van der Waals surface area contributed by atoms with Crippen LogP contribution in [-0.2, 0) is 0 Å². The number of para-hydroxylation sites is 1. The summed E-state index contributed by atoms with van der Waals surface area (Å²) in [4.78, 5) is 16.9. The molecule has 1 atom stereocenters. The lowest BCUT2D eigenvalue weighted by Crippen LogP contribution is -2.51. The van der Waals surface area contributed by atoms with Crippen LogP contribution in [0.25, 0.3) is 0 Å². The van der Waals surface area contributed by atoms with Crippen molar-refractivity contribution in [1.82, 2.24) is 9.80 Å². The Morgan fingerprint density at radius 1 is 1.30 bits per heavy atom. The normalized spacial score (nSPS) is 18.1. The Hall–Kier alpha value is -1.55. The van der Waals surface area contributed by atoms with Gasteiger partial charge in [-0.15, -0.1) is 0 Å². The van der Waals surface area contributed by atoms with Crippen LogP contribution in [0, 0.1) is 6.92 Å². The van der Waals surface area contributed by atoms with Gasteiger partial charge in [0.1, 0.15) is 0 Å². The highest BCUT2D eigenvalue weighted by Gasteiger charge is 2.25. The third-order valence-electron chi connectivity index (χ3n) is 4.37. The number of carbonyl (C=O) groups is 1. The van der Waals surface area contributed by atoms with E-state index >= 15 is 0 Å². The topological polar surface area (TPSA) is 49.6 Å². The number of piperazine rings is 1. The Labute approximate surface area is 121 Å².